The van der Waals surface area contributed by atoms with Crippen LogP contribution in [0.2, 0.25) is 0 Å². The van der Waals surface area contributed by atoms with Crippen molar-refractivity contribution in [1.82, 2.24) is 15.0 Å². The van der Waals surface area contributed by atoms with Gasteiger partial charge in [0.05, 0.1) is 30.9 Å². The molecule has 2 N–H and O–H groups in total. The molecule has 1 atom stereocenters. The third-order valence-electron chi connectivity index (χ3n) is 3.77. The second kappa shape index (κ2) is 7.31. The quantitative estimate of drug-likeness (QED) is 0.680. The van der Waals surface area contributed by atoms with Crippen molar-refractivity contribution in [3.8, 4) is 17.2 Å². The van der Waals surface area contributed by atoms with Gasteiger partial charge in [0.1, 0.15) is 17.7 Å². The molecule has 2 heterocycles. The van der Waals surface area contributed by atoms with Crippen molar-refractivity contribution >= 4 is 11.0 Å². The molecular weight excluding hydrogens is 367 g/mol. The largest absolute Gasteiger partial charge is 0.573 e. The predicted molar refractivity (Wildman–Crippen MR) is 88.8 cm³/mol. The Morgan fingerprint density at radius 3 is 2.63 bits per heavy atom. The number of H-pyrrole nitrogens is 1. The number of aromatic nitrogens is 3. The van der Waals surface area contributed by atoms with Crippen molar-refractivity contribution in [1.29, 1.82) is 0 Å². The molecule has 2 aromatic heterocycles. The minimum Gasteiger partial charge on any atom is -0.493 e. The average Bonchev–Trinajstić information content (AvgIpc) is 3.03. The molecule has 0 saturated carbocycles. The highest BCUT2D eigenvalue weighted by Crippen LogP contribution is 2.32. The van der Waals surface area contributed by atoms with Crippen LogP contribution in [0.25, 0.3) is 11.0 Å². The first kappa shape index (κ1) is 18.8. The fourth-order valence-electron chi connectivity index (χ4n) is 2.64. The number of aromatic amines is 1. The summed E-state index contributed by atoms with van der Waals surface area (Å²) in [4.78, 5) is 11.2. The summed E-state index contributed by atoms with van der Waals surface area (Å²) >= 11 is 0. The zero-order chi connectivity index (χ0) is 19.6. The third kappa shape index (κ3) is 4.22. The molecule has 0 aliphatic carbocycles. The van der Waals surface area contributed by atoms with Crippen LogP contribution in [0.5, 0.6) is 17.2 Å². The summed E-state index contributed by atoms with van der Waals surface area (Å²) in [5, 5.41) is 10.5. The number of fused-ring (bicyclic) bond motifs is 1. The van der Waals surface area contributed by atoms with Crippen molar-refractivity contribution < 1.29 is 32.5 Å². The van der Waals surface area contributed by atoms with Crippen molar-refractivity contribution in [3.05, 3.63) is 42.0 Å². The number of hydrogen-bond donors (Lipinski definition) is 2. The minimum absolute atomic E-state index is 0.0616. The lowest BCUT2D eigenvalue weighted by Gasteiger charge is -2.13. The maximum Gasteiger partial charge on any atom is 0.573 e. The molecule has 0 radical (unpaired) electrons. The van der Waals surface area contributed by atoms with Gasteiger partial charge in [0.25, 0.3) is 0 Å². The SMILES string of the molecule is COc1ccnc(CC(O)c2nc3ccc(OC(F)(F)F)cc3[nH]2)c1OC. The van der Waals surface area contributed by atoms with Gasteiger partial charge >= 0.3 is 6.36 Å². The normalized spacial score (nSPS) is 12.8. The summed E-state index contributed by atoms with van der Waals surface area (Å²) in [5.41, 5.74) is 1.14. The van der Waals surface area contributed by atoms with Gasteiger partial charge in [0.2, 0.25) is 0 Å². The Hall–Kier alpha value is -3.01. The molecule has 3 aromatic rings. The Bertz CT molecular complexity index is 943. The molecule has 27 heavy (non-hydrogen) atoms. The number of imidazole rings is 1. The van der Waals surface area contributed by atoms with Crippen LogP contribution in [0.3, 0.4) is 0 Å². The highest BCUT2D eigenvalue weighted by Gasteiger charge is 2.31. The fourth-order valence-corrected chi connectivity index (χ4v) is 2.64. The van der Waals surface area contributed by atoms with Gasteiger partial charge in [0.15, 0.2) is 11.5 Å². The van der Waals surface area contributed by atoms with Crippen molar-refractivity contribution in [2.45, 2.75) is 18.9 Å². The lowest BCUT2D eigenvalue weighted by molar-refractivity contribution is -0.274. The molecule has 0 amide bonds. The second-order valence-electron chi connectivity index (χ2n) is 5.56. The topological polar surface area (TPSA) is 89.5 Å². The molecule has 7 nitrogen and oxygen atoms in total. The van der Waals surface area contributed by atoms with Gasteiger partial charge in [-0.1, -0.05) is 0 Å². The van der Waals surface area contributed by atoms with Crippen molar-refractivity contribution in [2.75, 3.05) is 14.2 Å². The molecular formula is C17H16F3N3O4. The van der Waals surface area contributed by atoms with E-state index in [2.05, 4.69) is 19.7 Å². The van der Waals surface area contributed by atoms with Crippen LogP contribution in [-0.2, 0) is 6.42 Å². The van der Waals surface area contributed by atoms with Gasteiger partial charge < -0.3 is 24.3 Å². The van der Waals surface area contributed by atoms with E-state index in [1.165, 1.54) is 26.5 Å². The van der Waals surface area contributed by atoms with Crippen LogP contribution < -0.4 is 14.2 Å². The van der Waals surface area contributed by atoms with Gasteiger partial charge in [-0.15, -0.1) is 13.2 Å². The van der Waals surface area contributed by atoms with Gasteiger partial charge in [-0.3, -0.25) is 4.98 Å². The Labute approximate surface area is 151 Å². The van der Waals surface area contributed by atoms with E-state index in [-0.39, 0.29) is 18.0 Å². The van der Waals surface area contributed by atoms with E-state index < -0.39 is 12.5 Å². The number of halogens is 3. The summed E-state index contributed by atoms with van der Waals surface area (Å²) in [7, 11) is 2.94. The highest BCUT2D eigenvalue weighted by atomic mass is 19.4. The number of hydrogen-bond acceptors (Lipinski definition) is 6. The van der Waals surface area contributed by atoms with E-state index >= 15 is 0 Å². The first-order chi connectivity index (χ1) is 12.8. The number of ether oxygens (including phenoxy) is 3. The van der Waals surface area contributed by atoms with Crippen LogP contribution >= 0.6 is 0 Å². The van der Waals surface area contributed by atoms with Crippen LogP contribution in [-0.4, -0.2) is 40.6 Å². The Kier molecular flexibility index (Phi) is 5.08. The maximum atomic E-state index is 12.3. The number of nitrogens with one attached hydrogen (secondary N) is 1. The van der Waals surface area contributed by atoms with E-state index in [0.717, 1.165) is 12.1 Å². The number of benzene rings is 1. The summed E-state index contributed by atoms with van der Waals surface area (Å²) in [5.74, 6) is 0.654. The number of pyridine rings is 1. The Morgan fingerprint density at radius 2 is 1.96 bits per heavy atom. The van der Waals surface area contributed by atoms with Crippen molar-refractivity contribution in [3.63, 3.8) is 0 Å². The molecule has 0 bridgehead atoms. The average molecular weight is 383 g/mol. The van der Waals surface area contributed by atoms with E-state index in [1.54, 1.807) is 6.07 Å². The summed E-state index contributed by atoms with van der Waals surface area (Å²) < 4.78 is 51.3. The fraction of sp³-hybridized carbons (Fsp3) is 0.294. The first-order valence-corrected chi connectivity index (χ1v) is 7.80. The van der Waals surface area contributed by atoms with E-state index in [1.807, 2.05) is 0 Å². The number of methoxy groups -OCH3 is 2. The number of aliphatic hydroxyl groups is 1. The molecule has 1 unspecified atom stereocenters. The van der Waals surface area contributed by atoms with Crippen molar-refractivity contribution in [2.24, 2.45) is 0 Å². The maximum absolute atomic E-state index is 12.3. The molecule has 0 fully saturated rings. The number of alkyl halides is 3. The van der Waals surface area contributed by atoms with Gasteiger partial charge in [-0.05, 0) is 12.1 Å². The molecule has 1 aromatic carbocycles. The lowest BCUT2D eigenvalue weighted by Crippen LogP contribution is -2.16. The highest BCUT2D eigenvalue weighted by molar-refractivity contribution is 5.76. The molecule has 0 saturated heterocycles. The monoisotopic (exact) mass is 383 g/mol. The second-order valence-corrected chi connectivity index (χ2v) is 5.56. The smallest absolute Gasteiger partial charge is 0.493 e. The number of nitrogens with zero attached hydrogens (tertiary/aromatic N) is 2. The van der Waals surface area contributed by atoms with E-state index in [4.69, 9.17) is 9.47 Å². The molecule has 144 valence electrons. The van der Waals surface area contributed by atoms with Crippen LogP contribution in [0, 0.1) is 0 Å². The molecule has 0 spiro atoms. The van der Waals surface area contributed by atoms with Gasteiger partial charge in [0, 0.05) is 24.8 Å². The van der Waals surface area contributed by atoms with E-state index in [0.29, 0.717) is 28.2 Å². The number of aliphatic hydroxyl groups excluding tert-OH is 1. The summed E-state index contributed by atoms with van der Waals surface area (Å²) in [6.07, 6.45) is -4.29. The van der Waals surface area contributed by atoms with Crippen LogP contribution in [0.15, 0.2) is 30.5 Å². The van der Waals surface area contributed by atoms with Crippen LogP contribution in [0.1, 0.15) is 17.6 Å². The lowest BCUT2D eigenvalue weighted by atomic mass is 10.1. The van der Waals surface area contributed by atoms with E-state index in [9.17, 15) is 18.3 Å². The van der Waals surface area contributed by atoms with Gasteiger partial charge in [-0.2, -0.15) is 0 Å². The molecule has 3 rings (SSSR count). The Balaban J connectivity index is 1.85. The Morgan fingerprint density at radius 1 is 1.19 bits per heavy atom. The summed E-state index contributed by atoms with van der Waals surface area (Å²) in [6, 6.07) is 5.31. The van der Waals surface area contributed by atoms with Crippen LogP contribution in [0.4, 0.5) is 13.2 Å². The first-order valence-electron chi connectivity index (χ1n) is 7.80. The zero-order valence-electron chi connectivity index (χ0n) is 14.4. The molecule has 10 heteroatoms. The summed E-state index contributed by atoms with van der Waals surface area (Å²) in [6.45, 7) is 0. The zero-order valence-corrected chi connectivity index (χ0v) is 14.4. The third-order valence-corrected chi connectivity index (χ3v) is 3.77. The minimum atomic E-state index is -4.79. The molecule has 0 aliphatic rings. The predicted octanol–water partition coefficient (Wildman–Crippen LogP) is 3.15. The number of rotatable bonds is 6. The standard InChI is InChI=1S/C17H16F3N3O4/c1-25-14-5-6-21-12(15(14)26-2)8-13(24)16-22-10-4-3-9(7-11(10)23-16)27-17(18,19)20/h3-7,13,24H,8H2,1-2H3,(H,22,23). The van der Waals surface area contributed by atoms with Gasteiger partial charge in [-0.25, -0.2) is 4.98 Å². The molecule has 0 aliphatic heterocycles.